The quantitative estimate of drug-likeness (QED) is 0.633. The van der Waals surface area contributed by atoms with Gasteiger partial charge in [-0.25, -0.2) is 0 Å². The monoisotopic (exact) mass is 169 g/mol. The zero-order valence-corrected chi connectivity index (χ0v) is 7.57. The number of nitrogens with one attached hydrogen (secondary N) is 1. The lowest BCUT2D eigenvalue weighted by Crippen LogP contribution is -2.35. The van der Waals surface area contributed by atoms with Gasteiger partial charge in [0.15, 0.2) is 0 Å². The van der Waals surface area contributed by atoms with Crippen molar-refractivity contribution in [1.82, 2.24) is 5.32 Å². The van der Waals surface area contributed by atoms with Crippen LogP contribution in [0.5, 0.6) is 0 Å². The summed E-state index contributed by atoms with van der Waals surface area (Å²) in [4.78, 5) is 0. The van der Waals surface area contributed by atoms with E-state index in [2.05, 4.69) is 29.2 Å². The van der Waals surface area contributed by atoms with Gasteiger partial charge in [-0.1, -0.05) is 12.2 Å². The van der Waals surface area contributed by atoms with Crippen LogP contribution in [0.1, 0.15) is 19.3 Å². The van der Waals surface area contributed by atoms with Gasteiger partial charge in [-0.2, -0.15) is 11.8 Å². The van der Waals surface area contributed by atoms with E-state index in [4.69, 9.17) is 0 Å². The van der Waals surface area contributed by atoms with Gasteiger partial charge in [-0.05, 0) is 25.0 Å². The third kappa shape index (κ3) is 2.00. The zero-order valence-electron chi connectivity index (χ0n) is 6.75. The smallest absolute Gasteiger partial charge is 0.0255 e. The minimum Gasteiger partial charge on any atom is -0.307 e. The topological polar surface area (TPSA) is 12.0 Å². The summed E-state index contributed by atoms with van der Waals surface area (Å²) in [6.07, 6.45) is 8.58. The van der Waals surface area contributed by atoms with E-state index in [1.807, 2.05) is 0 Å². The number of rotatable bonds is 2. The Balaban J connectivity index is 1.75. The normalized spacial score (nSPS) is 36.7. The summed E-state index contributed by atoms with van der Waals surface area (Å²) >= 11 is 2.08. The largest absolute Gasteiger partial charge is 0.307 e. The summed E-state index contributed by atoms with van der Waals surface area (Å²) < 4.78 is 0. The lowest BCUT2D eigenvalue weighted by Gasteiger charge is -2.15. The first-order chi connectivity index (χ1) is 5.45. The number of allylic oxidation sites excluding steroid dienone is 1. The van der Waals surface area contributed by atoms with Gasteiger partial charge in [0.2, 0.25) is 0 Å². The van der Waals surface area contributed by atoms with Gasteiger partial charge in [-0.15, -0.1) is 0 Å². The minimum absolute atomic E-state index is 0.693. The molecule has 1 aliphatic carbocycles. The van der Waals surface area contributed by atoms with Gasteiger partial charge in [0.05, 0.1) is 0 Å². The first-order valence-electron chi connectivity index (χ1n) is 4.45. The van der Waals surface area contributed by atoms with Crippen molar-refractivity contribution in [1.29, 1.82) is 0 Å². The molecule has 1 N–H and O–H groups in total. The molecule has 0 aromatic heterocycles. The Hall–Kier alpha value is 0.0500. The van der Waals surface area contributed by atoms with E-state index in [0.29, 0.717) is 6.04 Å². The predicted molar refractivity (Wildman–Crippen MR) is 51.0 cm³/mol. The molecule has 1 heterocycles. The molecule has 0 spiro atoms. The number of hydrogen-bond donors (Lipinski definition) is 1. The molecule has 1 aliphatic heterocycles. The molecule has 11 heavy (non-hydrogen) atoms. The van der Waals surface area contributed by atoms with Crippen LogP contribution in [0.15, 0.2) is 12.2 Å². The molecular formula is C9H15NS. The molecule has 0 amide bonds. The molecule has 62 valence electrons. The van der Waals surface area contributed by atoms with Crippen molar-refractivity contribution in [3.63, 3.8) is 0 Å². The highest BCUT2D eigenvalue weighted by atomic mass is 32.2. The van der Waals surface area contributed by atoms with Crippen molar-refractivity contribution in [2.75, 3.05) is 11.5 Å². The molecule has 0 saturated carbocycles. The van der Waals surface area contributed by atoms with Crippen LogP contribution in [0.4, 0.5) is 0 Å². The average Bonchev–Trinajstić information content (AvgIpc) is 2.60. The summed E-state index contributed by atoms with van der Waals surface area (Å²) in [7, 11) is 0. The molecule has 0 radical (unpaired) electrons. The van der Waals surface area contributed by atoms with Gasteiger partial charge in [0.25, 0.3) is 0 Å². The summed E-state index contributed by atoms with van der Waals surface area (Å²) in [6.45, 7) is 0. The zero-order chi connectivity index (χ0) is 7.52. The van der Waals surface area contributed by atoms with Crippen molar-refractivity contribution in [2.24, 2.45) is 0 Å². The van der Waals surface area contributed by atoms with Gasteiger partial charge in [0, 0.05) is 17.8 Å². The van der Waals surface area contributed by atoms with Crippen molar-refractivity contribution < 1.29 is 0 Å². The van der Waals surface area contributed by atoms with E-state index in [1.54, 1.807) is 0 Å². The maximum atomic E-state index is 3.67. The minimum atomic E-state index is 0.693. The van der Waals surface area contributed by atoms with E-state index in [1.165, 1.54) is 30.8 Å². The molecule has 2 heteroatoms. The third-order valence-corrected chi connectivity index (χ3v) is 3.55. The first-order valence-corrected chi connectivity index (χ1v) is 5.61. The van der Waals surface area contributed by atoms with Gasteiger partial charge in [0.1, 0.15) is 0 Å². The molecule has 1 saturated heterocycles. The van der Waals surface area contributed by atoms with E-state index < -0.39 is 0 Å². The van der Waals surface area contributed by atoms with Crippen LogP contribution in [-0.2, 0) is 0 Å². The Morgan fingerprint density at radius 2 is 2.36 bits per heavy atom. The highest BCUT2D eigenvalue weighted by Crippen LogP contribution is 2.19. The molecule has 0 aromatic rings. The summed E-state index contributed by atoms with van der Waals surface area (Å²) in [5, 5.41) is 3.67. The molecule has 2 atom stereocenters. The lowest BCUT2D eigenvalue weighted by molar-refractivity contribution is 0.496. The average molecular weight is 169 g/mol. The van der Waals surface area contributed by atoms with Crippen LogP contribution < -0.4 is 5.32 Å². The molecule has 2 aliphatic rings. The Labute approximate surface area is 72.6 Å². The highest BCUT2D eigenvalue weighted by Gasteiger charge is 2.18. The van der Waals surface area contributed by atoms with Crippen LogP contribution in [-0.4, -0.2) is 23.6 Å². The van der Waals surface area contributed by atoms with E-state index >= 15 is 0 Å². The van der Waals surface area contributed by atoms with Crippen LogP contribution in [0, 0.1) is 0 Å². The first kappa shape index (κ1) is 7.69. The van der Waals surface area contributed by atoms with E-state index in [-0.39, 0.29) is 0 Å². The lowest BCUT2D eigenvalue weighted by atomic mass is 10.2. The Morgan fingerprint density at radius 3 is 3.00 bits per heavy atom. The molecule has 1 nitrogen and oxygen atoms in total. The van der Waals surface area contributed by atoms with Crippen LogP contribution in [0.25, 0.3) is 0 Å². The molecule has 1 fully saturated rings. The SMILES string of the molecule is C1=CC(NC2CCSC2)CC1. The summed E-state index contributed by atoms with van der Waals surface area (Å²) in [6, 6.07) is 1.49. The summed E-state index contributed by atoms with van der Waals surface area (Å²) in [5.74, 6) is 2.68. The Morgan fingerprint density at radius 1 is 1.36 bits per heavy atom. The molecule has 0 aromatic carbocycles. The van der Waals surface area contributed by atoms with Gasteiger partial charge >= 0.3 is 0 Å². The maximum Gasteiger partial charge on any atom is 0.0255 e. The van der Waals surface area contributed by atoms with E-state index in [0.717, 1.165) is 6.04 Å². The number of thioether (sulfide) groups is 1. The molecule has 0 bridgehead atoms. The Bertz CT molecular complexity index is 150. The van der Waals surface area contributed by atoms with Gasteiger partial charge in [-0.3, -0.25) is 0 Å². The van der Waals surface area contributed by atoms with Gasteiger partial charge < -0.3 is 5.32 Å². The standard InChI is InChI=1S/C9H15NS/c1-2-4-8(3-1)10-9-5-6-11-7-9/h1,3,8-10H,2,4-7H2. The molecule has 2 rings (SSSR count). The molecule has 2 unspecified atom stereocenters. The predicted octanol–water partition coefficient (Wildman–Crippen LogP) is 1.80. The van der Waals surface area contributed by atoms with E-state index in [9.17, 15) is 0 Å². The van der Waals surface area contributed by atoms with Crippen molar-refractivity contribution in [2.45, 2.75) is 31.3 Å². The second-order valence-corrected chi connectivity index (χ2v) is 4.49. The second kappa shape index (κ2) is 3.63. The van der Waals surface area contributed by atoms with Crippen molar-refractivity contribution in [3.8, 4) is 0 Å². The van der Waals surface area contributed by atoms with Crippen LogP contribution in [0.2, 0.25) is 0 Å². The van der Waals surface area contributed by atoms with Crippen molar-refractivity contribution in [3.05, 3.63) is 12.2 Å². The number of hydrogen-bond acceptors (Lipinski definition) is 2. The fourth-order valence-corrected chi connectivity index (χ4v) is 2.91. The summed E-state index contributed by atoms with van der Waals surface area (Å²) in [5.41, 5.74) is 0. The van der Waals surface area contributed by atoms with Crippen LogP contribution in [0.3, 0.4) is 0 Å². The van der Waals surface area contributed by atoms with Crippen molar-refractivity contribution >= 4 is 11.8 Å². The Kier molecular flexibility index (Phi) is 2.54. The fourth-order valence-electron chi connectivity index (χ4n) is 1.74. The molecular weight excluding hydrogens is 154 g/mol. The highest BCUT2D eigenvalue weighted by molar-refractivity contribution is 7.99. The second-order valence-electron chi connectivity index (χ2n) is 3.34. The third-order valence-electron chi connectivity index (χ3n) is 2.39. The van der Waals surface area contributed by atoms with Crippen LogP contribution >= 0.6 is 11.8 Å². The maximum absolute atomic E-state index is 3.67. The fraction of sp³-hybridized carbons (Fsp3) is 0.778.